The maximum Gasteiger partial charge on any atom is 0.308 e. The predicted molar refractivity (Wildman–Crippen MR) is 67.2 cm³/mol. The second-order valence-electron chi connectivity index (χ2n) is 4.93. The molecule has 2 rings (SSSR count). The van der Waals surface area contributed by atoms with Crippen LogP contribution >= 0.6 is 0 Å². The van der Waals surface area contributed by atoms with E-state index in [1.807, 2.05) is 0 Å². The molecular weight excluding hydrogens is 268 g/mol. The Balaban J connectivity index is 2.13. The lowest BCUT2D eigenvalue weighted by Crippen LogP contribution is -2.45. The summed E-state index contributed by atoms with van der Waals surface area (Å²) in [5.74, 6) is -3.97. The number of hydrogen-bond donors (Lipinski definition) is 2. The summed E-state index contributed by atoms with van der Waals surface area (Å²) in [7, 11) is 0. The van der Waals surface area contributed by atoms with Crippen LogP contribution in [0, 0.1) is 17.6 Å². The van der Waals surface area contributed by atoms with E-state index >= 15 is 0 Å². The molecule has 0 heterocycles. The Morgan fingerprint density at radius 1 is 1.20 bits per heavy atom. The van der Waals surface area contributed by atoms with Crippen LogP contribution in [0.1, 0.15) is 36.0 Å². The zero-order chi connectivity index (χ0) is 14.7. The first-order valence-corrected chi connectivity index (χ1v) is 6.48. The van der Waals surface area contributed by atoms with E-state index in [9.17, 15) is 18.4 Å². The summed E-state index contributed by atoms with van der Waals surface area (Å²) in [6, 6.07) is 2.06. The fourth-order valence-electron chi connectivity index (χ4n) is 2.52. The molecule has 1 aliphatic carbocycles. The molecule has 1 fully saturated rings. The van der Waals surface area contributed by atoms with E-state index in [0.717, 1.165) is 31.0 Å². The van der Waals surface area contributed by atoms with Gasteiger partial charge in [-0.2, -0.15) is 0 Å². The number of carbonyl (C=O) groups is 2. The molecule has 2 N–H and O–H groups in total. The third-order valence-corrected chi connectivity index (χ3v) is 3.57. The number of hydrogen-bond acceptors (Lipinski definition) is 2. The van der Waals surface area contributed by atoms with Crippen molar-refractivity contribution in [2.75, 3.05) is 0 Å². The number of aliphatic carboxylic acids is 1. The Kier molecular flexibility index (Phi) is 4.32. The van der Waals surface area contributed by atoms with E-state index in [1.165, 1.54) is 0 Å². The van der Waals surface area contributed by atoms with Gasteiger partial charge in [0.2, 0.25) is 0 Å². The Hall–Kier alpha value is -1.98. The Morgan fingerprint density at radius 3 is 2.60 bits per heavy atom. The lowest BCUT2D eigenvalue weighted by Gasteiger charge is -2.29. The average Bonchev–Trinajstić information content (AvgIpc) is 2.41. The van der Waals surface area contributed by atoms with E-state index in [0.29, 0.717) is 12.8 Å². The molecule has 0 bridgehead atoms. The SMILES string of the molecule is O=C(NC1CCCCC1C(=O)O)c1cc(F)ccc1F. The summed E-state index contributed by atoms with van der Waals surface area (Å²) < 4.78 is 26.5. The van der Waals surface area contributed by atoms with Gasteiger partial charge in [0.1, 0.15) is 11.6 Å². The first-order chi connectivity index (χ1) is 9.49. The summed E-state index contributed by atoms with van der Waals surface area (Å²) in [4.78, 5) is 23.1. The molecule has 1 aliphatic rings. The van der Waals surface area contributed by atoms with Crippen LogP contribution in [-0.2, 0) is 4.79 Å². The van der Waals surface area contributed by atoms with Crippen LogP contribution in [0.2, 0.25) is 0 Å². The molecule has 6 heteroatoms. The van der Waals surface area contributed by atoms with Crippen molar-refractivity contribution >= 4 is 11.9 Å². The normalized spacial score (nSPS) is 22.3. The molecule has 2 unspecified atom stereocenters. The molecule has 108 valence electrons. The molecule has 20 heavy (non-hydrogen) atoms. The Bertz CT molecular complexity index is 533. The lowest BCUT2D eigenvalue weighted by molar-refractivity contribution is -0.143. The van der Waals surface area contributed by atoms with Crippen molar-refractivity contribution in [3.8, 4) is 0 Å². The van der Waals surface area contributed by atoms with Gasteiger partial charge in [-0.15, -0.1) is 0 Å². The lowest BCUT2D eigenvalue weighted by atomic mass is 9.84. The number of halogens is 2. The molecule has 4 nitrogen and oxygen atoms in total. The second kappa shape index (κ2) is 5.98. The highest BCUT2D eigenvalue weighted by atomic mass is 19.1. The number of rotatable bonds is 3. The predicted octanol–water partition coefficient (Wildman–Crippen LogP) is 2.34. The highest BCUT2D eigenvalue weighted by Crippen LogP contribution is 2.25. The van der Waals surface area contributed by atoms with Gasteiger partial charge in [0.15, 0.2) is 0 Å². The van der Waals surface area contributed by atoms with Gasteiger partial charge in [-0.05, 0) is 31.0 Å². The molecule has 0 radical (unpaired) electrons. The van der Waals surface area contributed by atoms with Crippen LogP contribution in [0.15, 0.2) is 18.2 Å². The van der Waals surface area contributed by atoms with E-state index in [2.05, 4.69) is 5.32 Å². The topological polar surface area (TPSA) is 66.4 Å². The number of carboxylic acids is 1. The highest BCUT2D eigenvalue weighted by Gasteiger charge is 2.32. The molecule has 1 amide bonds. The van der Waals surface area contributed by atoms with Crippen LogP contribution in [0.3, 0.4) is 0 Å². The average molecular weight is 283 g/mol. The molecule has 2 atom stereocenters. The van der Waals surface area contributed by atoms with Crippen molar-refractivity contribution < 1.29 is 23.5 Å². The van der Waals surface area contributed by atoms with E-state index < -0.39 is 41.0 Å². The fourth-order valence-corrected chi connectivity index (χ4v) is 2.52. The Labute approximate surface area is 114 Å². The van der Waals surface area contributed by atoms with Crippen molar-refractivity contribution in [3.05, 3.63) is 35.4 Å². The summed E-state index contributed by atoms with van der Waals surface area (Å²) >= 11 is 0. The van der Waals surface area contributed by atoms with Crippen molar-refractivity contribution in [2.45, 2.75) is 31.7 Å². The molecule has 0 aromatic heterocycles. The van der Waals surface area contributed by atoms with Gasteiger partial charge in [0, 0.05) is 6.04 Å². The highest BCUT2D eigenvalue weighted by molar-refractivity contribution is 5.95. The Morgan fingerprint density at radius 2 is 1.90 bits per heavy atom. The summed E-state index contributed by atoms with van der Waals surface area (Å²) in [6.45, 7) is 0. The number of amides is 1. The molecule has 1 saturated carbocycles. The van der Waals surface area contributed by atoms with Gasteiger partial charge in [0.05, 0.1) is 11.5 Å². The minimum Gasteiger partial charge on any atom is -0.481 e. The van der Waals surface area contributed by atoms with Crippen LogP contribution in [0.5, 0.6) is 0 Å². The first-order valence-electron chi connectivity index (χ1n) is 6.48. The van der Waals surface area contributed by atoms with Gasteiger partial charge < -0.3 is 10.4 Å². The van der Waals surface area contributed by atoms with Crippen molar-refractivity contribution in [1.29, 1.82) is 0 Å². The minimum atomic E-state index is -0.977. The van der Waals surface area contributed by atoms with Crippen LogP contribution < -0.4 is 5.32 Å². The minimum absolute atomic E-state index is 0.403. The van der Waals surface area contributed by atoms with Gasteiger partial charge in [-0.1, -0.05) is 12.8 Å². The number of benzene rings is 1. The van der Waals surface area contributed by atoms with Crippen molar-refractivity contribution in [2.24, 2.45) is 5.92 Å². The van der Waals surface area contributed by atoms with E-state index in [4.69, 9.17) is 5.11 Å². The molecular formula is C14H15F2NO3. The summed E-state index contributed by atoms with van der Waals surface area (Å²) in [6.07, 6.45) is 2.60. The quantitative estimate of drug-likeness (QED) is 0.894. The smallest absolute Gasteiger partial charge is 0.308 e. The largest absolute Gasteiger partial charge is 0.481 e. The maximum absolute atomic E-state index is 13.5. The number of carbonyl (C=O) groups excluding carboxylic acids is 1. The zero-order valence-corrected chi connectivity index (χ0v) is 10.7. The molecule has 0 spiro atoms. The first kappa shape index (κ1) is 14.4. The standard InChI is InChI=1S/C14H15F2NO3/c15-8-5-6-11(16)10(7-8)13(18)17-12-4-2-1-3-9(12)14(19)20/h5-7,9,12H,1-4H2,(H,17,18)(H,19,20). The van der Waals surface area contributed by atoms with E-state index in [1.54, 1.807) is 0 Å². The molecule has 0 saturated heterocycles. The second-order valence-corrected chi connectivity index (χ2v) is 4.93. The van der Waals surface area contributed by atoms with Gasteiger partial charge in [0.25, 0.3) is 5.91 Å². The molecule has 1 aromatic carbocycles. The van der Waals surface area contributed by atoms with Gasteiger partial charge in [-0.3, -0.25) is 9.59 Å². The van der Waals surface area contributed by atoms with Crippen LogP contribution in [-0.4, -0.2) is 23.0 Å². The zero-order valence-electron chi connectivity index (χ0n) is 10.7. The summed E-state index contributed by atoms with van der Waals surface area (Å²) in [5, 5.41) is 11.6. The molecule has 0 aliphatic heterocycles. The van der Waals surface area contributed by atoms with Crippen LogP contribution in [0.4, 0.5) is 8.78 Å². The number of carboxylic acid groups (broad SMARTS) is 1. The van der Waals surface area contributed by atoms with Crippen molar-refractivity contribution in [3.63, 3.8) is 0 Å². The van der Waals surface area contributed by atoms with E-state index in [-0.39, 0.29) is 0 Å². The van der Waals surface area contributed by atoms with Crippen LogP contribution in [0.25, 0.3) is 0 Å². The summed E-state index contributed by atoms with van der Waals surface area (Å²) in [5.41, 5.74) is -0.403. The molecule has 1 aromatic rings. The van der Waals surface area contributed by atoms with Gasteiger partial charge >= 0.3 is 5.97 Å². The van der Waals surface area contributed by atoms with Crippen molar-refractivity contribution in [1.82, 2.24) is 5.32 Å². The third-order valence-electron chi connectivity index (χ3n) is 3.57. The fraction of sp³-hybridized carbons (Fsp3) is 0.429. The third kappa shape index (κ3) is 3.12. The number of nitrogens with one attached hydrogen (secondary N) is 1. The van der Waals surface area contributed by atoms with Gasteiger partial charge in [-0.25, -0.2) is 8.78 Å². The maximum atomic E-state index is 13.5. The monoisotopic (exact) mass is 283 g/mol.